The number of ether oxygens (including phenoxy) is 2. The van der Waals surface area contributed by atoms with Crippen LogP contribution in [-0.2, 0) is 4.74 Å². The van der Waals surface area contributed by atoms with E-state index >= 15 is 0 Å². The maximum Gasteiger partial charge on any atom is 0.160 e. The largest absolute Gasteiger partial charge is 0.508 e. The molecule has 6 heteroatoms. The Balaban J connectivity index is 1.90. The average Bonchev–Trinajstić information content (AvgIpc) is 2.56. The summed E-state index contributed by atoms with van der Waals surface area (Å²) in [5.41, 5.74) is 1.30. The van der Waals surface area contributed by atoms with Crippen molar-refractivity contribution >= 4 is 0 Å². The van der Waals surface area contributed by atoms with E-state index in [0.717, 1.165) is 0 Å². The first-order chi connectivity index (χ1) is 11.5. The van der Waals surface area contributed by atoms with Gasteiger partial charge < -0.3 is 29.9 Å². The zero-order valence-corrected chi connectivity index (χ0v) is 13.2. The van der Waals surface area contributed by atoms with Gasteiger partial charge in [-0.3, -0.25) is 0 Å². The van der Waals surface area contributed by atoms with E-state index < -0.39 is 24.2 Å². The van der Waals surface area contributed by atoms with Gasteiger partial charge in [0.05, 0.1) is 25.9 Å². The van der Waals surface area contributed by atoms with Crippen LogP contribution in [-0.4, -0.2) is 46.4 Å². The summed E-state index contributed by atoms with van der Waals surface area (Å²) in [5, 5.41) is 40.3. The number of hydrogen-bond acceptors (Lipinski definition) is 6. The highest BCUT2D eigenvalue weighted by Gasteiger charge is 2.40. The molecule has 2 aromatic rings. The lowest BCUT2D eigenvalue weighted by Crippen LogP contribution is -2.43. The van der Waals surface area contributed by atoms with Crippen molar-refractivity contribution in [2.45, 2.75) is 24.2 Å². The van der Waals surface area contributed by atoms with Crippen molar-refractivity contribution in [3.05, 3.63) is 53.6 Å². The molecule has 0 saturated carbocycles. The second kappa shape index (κ2) is 6.68. The van der Waals surface area contributed by atoms with Crippen molar-refractivity contribution < 1.29 is 29.9 Å². The molecule has 0 radical (unpaired) electrons. The molecule has 0 spiro atoms. The number of aliphatic hydroxyl groups excluding tert-OH is 2. The number of phenolic OH excluding ortho intramolecular Hbond substituents is 2. The predicted molar refractivity (Wildman–Crippen MR) is 86.2 cm³/mol. The van der Waals surface area contributed by atoms with E-state index in [4.69, 9.17) is 9.47 Å². The summed E-state index contributed by atoms with van der Waals surface area (Å²) in [6.45, 7) is 0.0556. The Morgan fingerprint density at radius 2 is 1.67 bits per heavy atom. The fraction of sp³-hybridized carbons (Fsp3) is 0.333. The van der Waals surface area contributed by atoms with E-state index in [9.17, 15) is 20.4 Å². The summed E-state index contributed by atoms with van der Waals surface area (Å²) < 4.78 is 10.6. The molecular formula is C18H20O6. The van der Waals surface area contributed by atoms with E-state index in [-0.39, 0.29) is 18.1 Å². The third kappa shape index (κ3) is 3.03. The van der Waals surface area contributed by atoms with E-state index in [1.807, 2.05) is 0 Å². The highest BCUT2D eigenvalue weighted by Crippen LogP contribution is 2.40. The van der Waals surface area contributed by atoms with Crippen LogP contribution in [0.1, 0.15) is 23.1 Å². The van der Waals surface area contributed by atoms with E-state index in [1.165, 1.54) is 25.3 Å². The molecule has 0 aromatic heterocycles. The minimum absolute atomic E-state index is 0.0434. The minimum Gasteiger partial charge on any atom is -0.508 e. The summed E-state index contributed by atoms with van der Waals surface area (Å²) in [6.07, 6.45) is -2.57. The maximum atomic E-state index is 10.7. The molecular weight excluding hydrogens is 312 g/mol. The summed E-state index contributed by atoms with van der Waals surface area (Å²) in [7, 11) is 1.46. The first kappa shape index (κ1) is 16.6. The Morgan fingerprint density at radius 3 is 2.29 bits per heavy atom. The molecule has 0 aliphatic carbocycles. The molecule has 1 aliphatic heterocycles. The lowest BCUT2D eigenvalue weighted by atomic mass is 9.82. The summed E-state index contributed by atoms with van der Waals surface area (Å²) in [5.74, 6) is -0.155. The van der Waals surface area contributed by atoms with Gasteiger partial charge in [0.15, 0.2) is 11.5 Å². The highest BCUT2D eigenvalue weighted by molar-refractivity contribution is 5.43. The lowest BCUT2D eigenvalue weighted by molar-refractivity contribution is -0.139. The number of rotatable bonds is 3. The van der Waals surface area contributed by atoms with Crippen LogP contribution < -0.4 is 4.74 Å². The molecule has 4 N–H and O–H groups in total. The molecule has 3 rings (SSSR count). The third-order valence-corrected chi connectivity index (χ3v) is 4.35. The zero-order valence-electron chi connectivity index (χ0n) is 13.2. The maximum absolute atomic E-state index is 10.7. The predicted octanol–water partition coefficient (Wildman–Crippen LogP) is 1.68. The van der Waals surface area contributed by atoms with E-state index in [2.05, 4.69) is 0 Å². The Hall–Kier alpha value is -2.28. The van der Waals surface area contributed by atoms with Gasteiger partial charge in [-0.2, -0.15) is 0 Å². The molecule has 0 amide bonds. The molecule has 1 saturated heterocycles. The van der Waals surface area contributed by atoms with Crippen molar-refractivity contribution in [1.82, 2.24) is 0 Å². The monoisotopic (exact) mass is 332 g/mol. The van der Waals surface area contributed by atoms with Crippen LogP contribution in [0.15, 0.2) is 42.5 Å². The van der Waals surface area contributed by atoms with Gasteiger partial charge in [-0.1, -0.05) is 18.2 Å². The molecule has 1 heterocycles. The molecule has 6 nitrogen and oxygen atoms in total. The summed E-state index contributed by atoms with van der Waals surface area (Å²) in [6, 6.07) is 11.1. The average molecular weight is 332 g/mol. The summed E-state index contributed by atoms with van der Waals surface area (Å²) >= 11 is 0. The number of methoxy groups -OCH3 is 1. The van der Waals surface area contributed by atoms with Gasteiger partial charge in [-0.15, -0.1) is 0 Å². The molecule has 0 unspecified atom stereocenters. The van der Waals surface area contributed by atoms with Crippen molar-refractivity contribution in [2.75, 3.05) is 13.7 Å². The first-order valence-electron chi connectivity index (χ1n) is 7.65. The number of aromatic hydroxyl groups is 2. The topological polar surface area (TPSA) is 99.4 Å². The Labute approximate surface area is 139 Å². The van der Waals surface area contributed by atoms with Crippen LogP contribution in [0.5, 0.6) is 17.2 Å². The van der Waals surface area contributed by atoms with Gasteiger partial charge >= 0.3 is 0 Å². The number of benzene rings is 2. The van der Waals surface area contributed by atoms with Gasteiger partial charge in [-0.25, -0.2) is 0 Å². The van der Waals surface area contributed by atoms with Crippen LogP contribution in [0.4, 0.5) is 0 Å². The quantitative estimate of drug-likeness (QED) is 0.682. The molecule has 128 valence electrons. The highest BCUT2D eigenvalue weighted by atomic mass is 16.5. The Bertz CT molecular complexity index is 699. The van der Waals surface area contributed by atoms with Crippen molar-refractivity contribution in [1.29, 1.82) is 0 Å². The van der Waals surface area contributed by atoms with Crippen LogP contribution in [0.3, 0.4) is 0 Å². The fourth-order valence-corrected chi connectivity index (χ4v) is 3.11. The van der Waals surface area contributed by atoms with Crippen LogP contribution in [0, 0.1) is 0 Å². The summed E-state index contributed by atoms with van der Waals surface area (Å²) in [4.78, 5) is 0. The van der Waals surface area contributed by atoms with Crippen molar-refractivity contribution in [3.8, 4) is 17.2 Å². The van der Waals surface area contributed by atoms with Crippen molar-refractivity contribution in [3.63, 3.8) is 0 Å². The van der Waals surface area contributed by atoms with Crippen molar-refractivity contribution in [2.24, 2.45) is 0 Å². The smallest absolute Gasteiger partial charge is 0.160 e. The molecule has 4 atom stereocenters. The van der Waals surface area contributed by atoms with Crippen LogP contribution in [0.25, 0.3) is 0 Å². The lowest BCUT2D eigenvalue weighted by Gasteiger charge is -2.38. The number of hydrogen-bond donors (Lipinski definition) is 4. The zero-order chi connectivity index (χ0) is 17.3. The second-order valence-corrected chi connectivity index (χ2v) is 5.86. The van der Waals surface area contributed by atoms with Crippen LogP contribution >= 0.6 is 0 Å². The standard InChI is InChI=1S/C18H20O6/c1-23-15-7-4-11(8-13(15)20)18-17(22)16(14(21)9-24-18)10-2-5-12(19)6-3-10/h2-8,14,16-22H,9H2,1H3/t14-,16+,17-,18+/m0/s1. The SMILES string of the molecule is COc1ccc([C@H]2OC[C@H](O)[C@@H](c3ccc(O)cc3)[C@@H]2O)cc1O. The normalized spacial score (nSPS) is 27.0. The Kier molecular flexibility index (Phi) is 4.62. The Morgan fingerprint density at radius 1 is 1.00 bits per heavy atom. The van der Waals surface area contributed by atoms with Gasteiger partial charge in [0.25, 0.3) is 0 Å². The second-order valence-electron chi connectivity index (χ2n) is 5.86. The van der Waals surface area contributed by atoms with Gasteiger partial charge in [0, 0.05) is 5.92 Å². The fourth-order valence-electron chi connectivity index (χ4n) is 3.11. The first-order valence-corrected chi connectivity index (χ1v) is 7.65. The molecule has 24 heavy (non-hydrogen) atoms. The molecule has 0 bridgehead atoms. The minimum atomic E-state index is -1.01. The van der Waals surface area contributed by atoms with Gasteiger partial charge in [-0.05, 0) is 35.4 Å². The van der Waals surface area contributed by atoms with Gasteiger partial charge in [0.1, 0.15) is 11.9 Å². The molecule has 2 aromatic carbocycles. The molecule has 1 fully saturated rings. The van der Waals surface area contributed by atoms with Crippen LogP contribution in [0.2, 0.25) is 0 Å². The third-order valence-electron chi connectivity index (χ3n) is 4.35. The van der Waals surface area contributed by atoms with E-state index in [1.54, 1.807) is 24.3 Å². The van der Waals surface area contributed by atoms with Gasteiger partial charge in [0.2, 0.25) is 0 Å². The number of aliphatic hydroxyl groups is 2. The molecule has 1 aliphatic rings. The number of phenols is 2. The van der Waals surface area contributed by atoms with E-state index in [0.29, 0.717) is 16.9 Å².